The molecule has 0 aromatic heterocycles. The average Bonchev–Trinajstić information content (AvgIpc) is 3.11. The lowest BCUT2D eigenvalue weighted by atomic mass is 9.84. The molecule has 0 fully saturated rings. The van der Waals surface area contributed by atoms with Crippen molar-refractivity contribution in [3.8, 4) is 22.3 Å². The molecule has 1 aliphatic carbocycles. The molecule has 129 valence electrons. The molecule has 0 atom stereocenters. The Kier molecular flexibility index (Phi) is 4.51. The minimum absolute atomic E-state index is 0.491. The molecule has 0 bridgehead atoms. The molecule has 0 amide bonds. The quantitative estimate of drug-likeness (QED) is 0.462. The third-order valence-corrected chi connectivity index (χ3v) is 5.30. The fraction of sp³-hybridized carbons (Fsp3) is 0.192. The van der Waals surface area contributed by atoms with Gasteiger partial charge in [-0.25, -0.2) is 0 Å². The Morgan fingerprint density at radius 2 is 1.50 bits per heavy atom. The molecule has 0 heterocycles. The van der Waals surface area contributed by atoms with Gasteiger partial charge in [0.1, 0.15) is 0 Å². The lowest BCUT2D eigenvalue weighted by molar-refractivity contribution is 0.869. The van der Waals surface area contributed by atoms with Crippen LogP contribution in [0.4, 0.5) is 0 Å². The van der Waals surface area contributed by atoms with Crippen LogP contribution in [0.15, 0.2) is 72.3 Å². The SMILES string of the molecule is CCC1=Cc2c(ccc(-c3ccccc3)c2-c2ccccc2C(C)C)[CH]1. The second kappa shape index (κ2) is 6.96. The van der Waals surface area contributed by atoms with Crippen LogP contribution in [0.5, 0.6) is 0 Å². The molecule has 0 heteroatoms. The number of benzene rings is 3. The summed E-state index contributed by atoms with van der Waals surface area (Å²) < 4.78 is 0. The fourth-order valence-electron chi connectivity index (χ4n) is 3.92. The van der Waals surface area contributed by atoms with E-state index in [1.807, 2.05) is 0 Å². The van der Waals surface area contributed by atoms with Gasteiger partial charge in [-0.15, -0.1) is 0 Å². The highest BCUT2D eigenvalue weighted by Gasteiger charge is 2.22. The van der Waals surface area contributed by atoms with Crippen LogP contribution >= 0.6 is 0 Å². The second-order valence-corrected chi connectivity index (χ2v) is 7.32. The smallest absolute Gasteiger partial charge is 0.0164 e. The van der Waals surface area contributed by atoms with E-state index < -0.39 is 0 Å². The highest BCUT2D eigenvalue weighted by molar-refractivity contribution is 5.94. The van der Waals surface area contributed by atoms with Gasteiger partial charge in [-0.2, -0.15) is 0 Å². The van der Waals surface area contributed by atoms with Crippen molar-refractivity contribution in [2.24, 2.45) is 0 Å². The van der Waals surface area contributed by atoms with Crippen molar-refractivity contribution >= 4 is 6.08 Å². The zero-order valence-electron chi connectivity index (χ0n) is 15.8. The molecule has 4 rings (SSSR count). The number of fused-ring (bicyclic) bond motifs is 1. The minimum Gasteiger partial charge on any atom is -0.0622 e. The Labute approximate surface area is 157 Å². The van der Waals surface area contributed by atoms with Crippen molar-refractivity contribution < 1.29 is 0 Å². The van der Waals surface area contributed by atoms with Crippen molar-refractivity contribution in [1.82, 2.24) is 0 Å². The minimum atomic E-state index is 0.491. The Morgan fingerprint density at radius 1 is 0.769 bits per heavy atom. The van der Waals surface area contributed by atoms with Crippen molar-refractivity contribution in [3.05, 3.63) is 95.4 Å². The molecule has 0 aliphatic heterocycles. The van der Waals surface area contributed by atoms with Crippen molar-refractivity contribution in [1.29, 1.82) is 0 Å². The molecule has 0 nitrogen and oxygen atoms in total. The normalized spacial score (nSPS) is 13.0. The molecule has 26 heavy (non-hydrogen) atoms. The summed E-state index contributed by atoms with van der Waals surface area (Å²) in [5, 5.41) is 0. The molecular formula is C26H25. The van der Waals surface area contributed by atoms with Gasteiger partial charge in [0.2, 0.25) is 0 Å². The van der Waals surface area contributed by atoms with Crippen LogP contribution in [0.1, 0.15) is 49.8 Å². The standard InChI is InChI=1S/C26H25/c1-4-19-16-21-14-15-23(20-10-6-5-7-11-20)26(25(21)17-19)24-13-9-8-12-22(24)18(2)3/h5-18H,4H2,1-3H3. The van der Waals surface area contributed by atoms with E-state index in [0.29, 0.717) is 5.92 Å². The van der Waals surface area contributed by atoms with Crippen molar-refractivity contribution in [2.75, 3.05) is 0 Å². The molecular weight excluding hydrogens is 312 g/mol. The van der Waals surface area contributed by atoms with Crippen LogP contribution in [0, 0.1) is 6.42 Å². The van der Waals surface area contributed by atoms with Gasteiger partial charge in [0.05, 0.1) is 0 Å². The zero-order valence-corrected chi connectivity index (χ0v) is 15.8. The maximum absolute atomic E-state index is 2.38. The van der Waals surface area contributed by atoms with Crippen LogP contribution in [-0.2, 0) is 0 Å². The maximum Gasteiger partial charge on any atom is 0.0164 e. The van der Waals surface area contributed by atoms with Crippen LogP contribution in [0.25, 0.3) is 28.3 Å². The lowest BCUT2D eigenvalue weighted by Gasteiger charge is -2.19. The van der Waals surface area contributed by atoms with E-state index >= 15 is 0 Å². The van der Waals surface area contributed by atoms with E-state index in [0.717, 1.165) is 6.42 Å². The van der Waals surface area contributed by atoms with E-state index in [4.69, 9.17) is 0 Å². The first kappa shape index (κ1) is 16.8. The molecule has 0 N–H and O–H groups in total. The average molecular weight is 337 g/mol. The Balaban J connectivity index is 2.04. The van der Waals surface area contributed by atoms with Gasteiger partial charge in [0.25, 0.3) is 0 Å². The molecule has 0 saturated carbocycles. The molecule has 1 aliphatic rings. The first-order valence-corrected chi connectivity index (χ1v) is 9.56. The molecule has 0 spiro atoms. The molecule has 0 unspecified atom stereocenters. The fourth-order valence-corrected chi connectivity index (χ4v) is 3.92. The third kappa shape index (κ3) is 2.90. The summed E-state index contributed by atoms with van der Waals surface area (Å²) in [5.74, 6) is 0.491. The van der Waals surface area contributed by atoms with E-state index in [-0.39, 0.29) is 0 Å². The van der Waals surface area contributed by atoms with Crippen molar-refractivity contribution in [3.63, 3.8) is 0 Å². The number of rotatable bonds is 4. The highest BCUT2D eigenvalue weighted by Crippen LogP contribution is 2.44. The van der Waals surface area contributed by atoms with Gasteiger partial charge < -0.3 is 0 Å². The first-order valence-electron chi connectivity index (χ1n) is 9.56. The van der Waals surface area contributed by atoms with Crippen LogP contribution in [-0.4, -0.2) is 0 Å². The van der Waals surface area contributed by atoms with E-state index in [1.165, 1.54) is 44.5 Å². The topological polar surface area (TPSA) is 0 Å². The maximum atomic E-state index is 2.38. The Bertz CT molecular complexity index is 959. The predicted molar refractivity (Wildman–Crippen MR) is 113 cm³/mol. The molecule has 0 saturated heterocycles. The highest BCUT2D eigenvalue weighted by atomic mass is 14.3. The van der Waals surface area contributed by atoms with Gasteiger partial charge in [0, 0.05) is 6.42 Å². The van der Waals surface area contributed by atoms with Gasteiger partial charge in [-0.3, -0.25) is 0 Å². The summed E-state index contributed by atoms with van der Waals surface area (Å²) in [5.41, 5.74) is 10.9. The zero-order chi connectivity index (χ0) is 18.1. The Morgan fingerprint density at radius 3 is 2.23 bits per heavy atom. The largest absolute Gasteiger partial charge is 0.0622 e. The van der Waals surface area contributed by atoms with E-state index in [9.17, 15) is 0 Å². The summed E-state index contributed by atoms with van der Waals surface area (Å²) in [6, 6.07) is 24.2. The third-order valence-electron chi connectivity index (χ3n) is 5.30. The lowest BCUT2D eigenvalue weighted by Crippen LogP contribution is -1.97. The summed E-state index contributed by atoms with van der Waals surface area (Å²) in [6.45, 7) is 6.79. The monoisotopic (exact) mass is 337 g/mol. The van der Waals surface area contributed by atoms with Crippen LogP contribution in [0.3, 0.4) is 0 Å². The van der Waals surface area contributed by atoms with Crippen LogP contribution < -0.4 is 0 Å². The van der Waals surface area contributed by atoms with E-state index in [2.05, 4.69) is 100.0 Å². The van der Waals surface area contributed by atoms with Crippen LogP contribution in [0.2, 0.25) is 0 Å². The van der Waals surface area contributed by atoms with Gasteiger partial charge in [-0.1, -0.05) is 99.2 Å². The van der Waals surface area contributed by atoms with Crippen molar-refractivity contribution in [2.45, 2.75) is 33.1 Å². The first-order chi connectivity index (χ1) is 12.7. The van der Waals surface area contributed by atoms with Gasteiger partial charge in [0.15, 0.2) is 0 Å². The summed E-state index contributed by atoms with van der Waals surface area (Å²) in [6.07, 6.45) is 5.79. The van der Waals surface area contributed by atoms with Gasteiger partial charge >= 0.3 is 0 Å². The van der Waals surface area contributed by atoms with Gasteiger partial charge in [-0.05, 0) is 51.3 Å². The number of allylic oxidation sites excluding steroid dienone is 1. The second-order valence-electron chi connectivity index (χ2n) is 7.32. The van der Waals surface area contributed by atoms with E-state index in [1.54, 1.807) is 0 Å². The Hall–Kier alpha value is -2.60. The predicted octanol–water partition coefficient (Wildman–Crippen LogP) is 7.50. The number of hydrogen-bond donors (Lipinski definition) is 0. The molecule has 1 radical (unpaired) electrons. The molecule has 3 aromatic carbocycles. The summed E-state index contributed by atoms with van der Waals surface area (Å²) in [4.78, 5) is 0. The molecule has 3 aromatic rings. The number of hydrogen-bond acceptors (Lipinski definition) is 0. The summed E-state index contributed by atoms with van der Waals surface area (Å²) >= 11 is 0. The summed E-state index contributed by atoms with van der Waals surface area (Å²) in [7, 11) is 0.